The van der Waals surface area contributed by atoms with Crippen LogP contribution in [0.4, 0.5) is 4.39 Å². The van der Waals surface area contributed by atoms with Crippen molar-refractivity contribution in [1.82, 2.24) is 10.2 Å². The molecule has 0 saturated carbocycles. The standard InChI is InChI=1S/C18H15FN2O3S/c1-11(23-18(22)14-5-3-4-6-15(14)25-2)16-20-21-17(24-16)12-7-9-13(19)10-8-12/h3-11H,1-2H3/t11-/m1/s1. The Morgan fingerprint density at radius 3 is 2.60 bits per heavy atom. The molecule has 0 fully saturated rings. The average Bonchev–Trinajstić information content (AvgIpc) is 3.12. The van der Waals surface area contributed by atoms with Crippen LogP contribution in [0.15, 0.2) is 57.8 Å². The molecule has 128 valence electrons. The third-order valence-corrected chi connectivity index (χ3v) is 4.29. The van der Waals surface area contributed by atoms with E-state index in [0.717, 1.165) is 4.90 Å². The fraction of sp³-hybridized carbons (Fsp3) is 0.167. The fourth-order valence-corrected chi connectivity index (χ4v) is 2.78. The van der Waals surface area contributed by atoms with Crippen LogP contribution in [0.5, 0.6) is 0 Å². The molecule has 7 heteroatoms. The minimum absolute atomic E-state index is 0.175. The van der Waals surface area contributed by atoms with E-state index in [2.05, 4.69) is 10.2 Å². The van der Waals surface area contributed by atoms with Gasteiger partial charge in [0.05, 0.1) is 5.56 Å². The first-order chi connectivity index (χ1) is 12.1. The zero-order chi connectivity index (χ0) is 17.8. The summed E-state index contributed by atoms with van der Waals surface area (Å²) in [6, 6.07) is 12.9. The van der Waals surface area contributed by atoms with E-state index in [4.69, 9.17) is 9.15 Å². The summed E-state index contributed by atoms with van der Waals surface area (Å²) >= 11 is 1.47. The fourth-order valence-electron chi connectivity index (χ4n) is 2.20. The Morgan fingerprint density at radius 2 is 1.88 bits per heavy atom. The lowest BCUT2D eigenvalue weighted by atomic mass is 10.2. The average molecular weight is 358 g/mol. The summed E-state index contributed by atoms with van der Waals surface area (Å²) in [6.45, 7) is 1.65. The van der Waals surface area contributed by atoms with Crippen LogP contribution in [0.25, 0.3) is 11.5 Å². The number of benzene rings is 2. The first-order valence-electron chi connectivity index (χ1n) is 7.52. The molecule has 0 unspecified atom stereocenters. The van der Waals surface area contributed by atoms with Crippen LogP contribution >= 0.6 is 11.8 Å². The molecule has 0 saturated heterocycles. The van der Waals surface area contributed by atoms with Gasteiger partial charge in [0.2, 0.25) is 5.89 Å². The number of nitrogens with zero attached hydrogens (tertiary/aromatic N) is 2. The second kappa shape index (κ2) is 7.48. The van der Waals surface area contributed by atoms with E-state index >= 15 is 0 Å². The SMILES string of the molecule is CSc1ccccc1C(=O)O[C@H](C)c1nnc(-c2ccc(F)cc2)o1. The van der Waals surface area contributed by atoms with E-state index in [-0.39, 0.29) is 17.6 Å². The van der Waals surface area contributed by atoms with E-state index in [1.165, 1.54) is 36.0 Å². The molecule has 3 rings (SSSR count). The molecule has 0 bridgehead atoms. The molecular weight excluding hydrogens is 343 g/mol. The van der Waals surface area contributed by atoms with Gasteiger partial charge in [-0.25, -0.2) is 9.18 Å². The minimum atomic E-state index is -0.705. The topological polar surface area (TPSA) is 65.2 Å². The van der Waals surface area contributed by atoms with E-state index in [1.807, 2.05) is 18.4 Å². The number of aromatic nitrogens is 2. The normalized spacial score (nSPS) is 12.0. The maximum Gasteiger partial charge on any atom is 0.340 e. The summed E-state index contributed by atoms with van der Waals surface area (Å²) in [5.41, 5.74) is 1.08. The Labute approximate surface area is 148 Å². The number of esters is 1. The van der Waals surface area contributed by atoms with Gasteiger partial charge >= 0.3 is 5.97 Å². The van der Waals surface area contributed by atoms with Crippen molar-refractivity contribution in [2.45, 2.75) is 17.9 Å². The van der Waals surface area contributed by atoms with Crippen LogP contribution in [-0.4, -0.2) is 22.4 Å². The van der Waals surface area contributed by atoms with Crippen molar-refractivity contribution in [3.8, 4) is 11.5 Å². The lowest BCUT2D eigenvalue weighted by molar-refractivity contribution is 0.0276. The summed E-state index contributed by atoms with van der Waals surface area (Å²) < 4.78 is 23.9. The van der Waals surface area contributed by atoms with Gasteiger partial charge in [0.25, 0.3) is 5.89 Å². The minimum Gasteiger partial charge on any atom is -0.449 e. The third-order valence-electron chi connectivity index (χ3n) is 3.49. The number of carbonyl (C=O) groups excluding carboxylic acids is 1. The highest BCUT2D eigenvalue weighted by atomic mass is 32.2. The molecule has 0 radical (unpaired) electrons. The van der Waals surface area contributed by atoms with E-state index < -0.39 is 12.1 Å². The zero-order valence-electron chi connectivity index (χ0n) is 13.6. The quantitative estimate of drug-likeness (QED) is 0.494. The van der Waals surface area contributed by atoms with Gasteiger partial charge in [-0.1, -0.05) is 12.1 Å². The number of hydrogen-bond acceptors (Lipinski definition) is 6. The summed E-state index contributed by atoms with van der Waals surface area (Å²) in [4.78, 5) is 13.2. The monoisotopic (exact) mass is 358 g/mol. The lowest BCUT2D eigenvalue weighted by Gasteiger charge is -2.11. The predicted molar refractivity (Wildman–Crippen MR) is 91.7 cm³/mol. The van der Waals surface area contributed by atoms with E-state index in [9.17, 15) is 9.18 Å². The maximum absolute atomic E-state index is 13.0. The second-order valence-electron chi connectivity index (χ2n) is 5.20. The van der Waals surface area contributed by atoms with E-state index in [1.54, 1.807) is 19.1 Å². The number of rotatable bonds is 5. The van der Waals surface area contributed by atoms with Crippen LogP contribution < -0.4 is 0 Å². The lowest BCUT2D eigenvalue weighted by Crippen LogP contribution is -2.10. The predicted octanol–water partition coefficient (Wildman–Crippen LogP) is 4.52. The second-order valence-corrected chi connectivity index (χ2v) is 6.05. The molecule has 0 N–H and O–H groups in total. The smallest absolute Gasteiger partial charge is 0.340 e. The Hall–Kier alpha value is -2.67. The number of halogens is 1. The van der Waals surface area contributed by atoms with Gasteiger partial charge in [-0.2, -0.15) is 0 Å². The number of ether oxygens (including phenoxy) is 1. The van der Waals surface area contributed by atoms with Gasteiger partial charge < -0.3 is 9.15 Å². The molecular formula is C18H15FN2O3S. The Bertz CT molecular complexity index is 880. The molecule has 5 nitrogen and oxygen atoms in total. The van der Waals surface area contributed by atoms with Crippen molar-refractivity contribution in [3.63, 3.8) is 0 Å². The maximum atomic E-state index is 13.0. The summed E-state index contributed by atoms with van der Waals surface area (Å²) in [7, 11) is 0. The van der Waals surface area contributed by atoms with Crippen molar-refractivity contribution in [3.05, 3.63) is 65.8 Å². The molecule has 0 spiro atoms. The molecule has 25 heavy (non-hydrogen) atoms. The molecule has 2 aromatic carbocycles. The number of thioether (sulfide) groups is 1. The Morgan fingerprint density at radius 1 is 1.16 bits per heavy atom. The van der Waals surface area contributed by atoms with Gasteiger partial charge in [0.1, 0.15) is 5.82 Å². The summed E-state index contributed by atoms with van der Waals surface area (Å²) in [5.74, 6) is -0.394. The highest BCUT2D eigenvalue weighted by molar-refractivity contribution is 7.98. The van der Waals surface area contributed by atoms with Crippen molar-refractivity contribution in [2.24, 2.45) is 0 Å². The largest absolute Gasteiger partial charge is 0.449 e. The van der Waals surface area contributed by atoms with Crippen LogP contribution in [0.1, 0.15) is 29.3 Å². The number of hydrogen-bond donors (Lipinski definition) is 0. The molecule has 0 aliphatic rings. The number of carbonyl (C=O) groups is 1. The van der Waals surface area contributed by atoms with Crippen molar-refractivity contribution in [1.29, 1.82) is 0 Å². The van der Waals surface area contributed by atoms with Gasteiger partial charge in [-0.3, -0.25) is 0 Å². The first-order valence-corrected chi connectivity index (χ1v) is 8.74. The molecule has 0 aliphatic heterocycles. The van der Waals surface area contributed by atoms with Crippen LogP contribution in [0.2, 0.25) is 0 Å². The van der Waals surface area contributed by atoms with Gasteiger partial charge in [0.15, 0.2) is 6.10 Å². The van der Waals surface area contributed by atoms with Crippen LogP contribution in [0, 0.1) is 5.82 Å². The molecule has 0 aliphatic carbocycles. The van der Waals surface area contributed by atoms with Gasteiger partial charge in [-0.05, 0) is 49.6 Å². The van der Waals surface area contributed by atoms with Crippen LogP contribution in [-0.2, 0) is 4.74 Å². The Kier molecular flexibility index (Phi) is 5.14. The first kappa shape index (κ1) is 17.2. The highest BCUT2D eigenvalue weighted by Crippen LogP contribution is 2.25. The van der Waals surface area contributed by atoms with Gasteiger partial charge in [-0.15, -0.1) is 22.0 Å². The molecule has 1 atom stereocenters. The Balaban J connectivity index is 1.74. The zero-order valence-corrected chi connectivity index (χ0v) is 14.4. The molecule has 1 aromatic heterocycles. The van der Waals surface area contributed by atoms with Crippen LogP contribution in [0.3, 0.4) is 0 Å². The van der Waals surface area contributed by atoms with Crippen molar-refractivity contribution in [2.75, 3.05) is 6.26 Å². The van der Waals surface area contributed by atoms with Crippen molar-refractivity contribution >= 4 is 17.7 Å². The third kappa shape index (κ3) is 3.88. The summed E-state index contributed by atoms with van der Waals surface area (Å²) in [5, 5.41) is 7.83. The molecule has 0 amide bonds. The summed E-state index contributed by atoms with van der Waals surface area (Å²) in [6.07, 6.45) is 1.19. The van der Waals surface area contributed by atoms with Crippen molar-refractivity contribution < 1.29 is 18.3 Å². The highest BCUT2D eigenvalue weighted by Gasteiger charge is 2.21. The van der Waals surface area contributed by atoms with E-state index in [0.29, 0.717) is 11.1 Å². The molecule has 3 aromatic rings. The van der Waals surface area contributed by atoms with Gasteiger partial charge in [0, 0.05) is 10.5 Å². The molecule has 1 heterocycles.